The van der Waals surface area contributed by atoms with Crippen LogP contribution in [0.5, 0.6) is 0 Å². The SMILES string of the molecule is CC(C)Cn1c(SC(C)C(=O)Nc2ccc(F)cc2)nnc1-c1cccnc1. The summed E-state index contributed by atoms with van der Waals surface area (Å²) in [6.07, 6.45) is 3.46. The van der Waals surface area contributed by atoms with E-state index in [0.29, 0.717) is 16.8 Å². The Labute approximate surface area is 167 Å². The van der Waals surface area contributed by atoms with Gasteiger partial charge in [-0.1, -0.05) is 25.6 Å². The highest BCUT2D eigenvalue weighted by Crippen LogP contribution is 2.28. The van der Waals surface area contributed by atoms with E-state index in [1.165, 1.54) is 36.0 Å². The van der Waals surface area contributed by atoms with Gasteiger partial charge in [0.1, 0.15) is 5.82 Å². The number of carbonyl (C=O) groups is 1. The zero-order valence-electron chi connectivity index (χ0n) is 16.0. The van der Waals surface area contributed by atoms with Crippen LogP contribution in [0.15, 0.2) is 53.9 Å². The molecule has 146 valence electrons. The minimum absolute atomic E-state index is 0.182. The first-order valence-corrected chi connectivity index (χ1v) is 9.88. The zero-order chi connectivity index (χ0) is 20.1. The summed E-state index contributed by atoms with van der Waals surface area (Å²) in [4.78, 5) is 16.7. The van der Waals surface area contributed by atoms with E-state index < -0.39 is 5.25 Å². The normalized spacial score (nSPS) is 12.2. The van der Waals surface area contributed by atoms with Gasteiger partial charge in [0.25, 0.3) is 0 Å². The summed E-state index contributed by atoms with van der Waals surface area (Å²) < 4.78 is 15.0. The third-order valence-corrected chi connectivity index (χ3v) is 5.03. The number of benzene rings is 1. The average Bonchev–Trinajstić information content (AvgIpc) is 3.06. The number of halogens is 1. The standard InChI is InChI=1S/C20H22FN5OS/c1-13(2)12-26-18(15-5-4-10-22-11-15)24-25-20(26)28-14(3)19(27)23-17-8-6-16(21)7-9-17/h4-11,13-14H,12H2,1-3H3,(H,23,27). The molecule has 1 aromatic carbocycles. The van der Waals surface area contributed by atoms with Gasteiger partial charge in [0.05, 0.1) is 5.25 Å². The molecule has 2 aromatic heterocycles. The summed E-state index contributed by atoms with van der Waals surface area (Å²) in [5, 5.41) is 11.7. The lowest BCUT2D eigenvalue weighted by Crippen LogP contribution is -2.23. The van der Waals surface area contributed by atoms with Gasteiger partial charge in [-0.05, 0) is 49.2 Å². The first-order valence-electron chi connectivity index (χ1n) is 9.00. The molecule has 0 saturated heterocycles. The molecule has 8 heteroatoms. The molecule has 28 heavy (non-hydrogen) atoms. The summed E-state index contributed by atoms with van der Waals surface area (Å²) in [5.74, 6) is 0.591. The summed E-state index contributed by atoms with van der Waals surface area (Å²) in [7, 11) is 0. The lowest BCUT2D eigenvalue weighted by atomic mass is 10.2. The first kappa shape index (κ1) is 20.0. The fourth-order valence-corrected chi connectivity index (χ4v) is 3.46. The smallest absolute Gasteiger partial charge is 0.237 e. The average molecular weight is 399 g/mol. The fraction of sp³-hybridized carbons (Fsp3) is 0.300. The van der Waals surface area contributed by atoms with Gasteiger partial charge in [-0.15, -0.1) is 10.2 Å². The Kier molecular flexibility index (Phi) is 6.41. The van der Waals surface area contributed by atoms with Gasteiger partial charge in [0.2, 0.25) is 5.91 Å². The van der Waals surface area contributed by atoms with E-state index in [1.54, 1.807) is 12.4 Å². The summed E-state index contributed by atoms with van der Waals surface area (Å²) in [5.41, 5.74) is 1.43. The van der Waals surface area contributed by atoms with E-state index >= 15 is 0 Å². The van der Waals surface area contributed by atoms with Crippen molar-refractivity contribution in [3.8, 4) is 11.4 Å². The van der Waals surface area contributed by atoms with E-state index in [1.807, 2.05) is 23.6 Å². The van der Waals surface area contributed by atoms with Gasteiger partial charge in [-0.2, -0.15) is 0 Å². The van der Waals surface area contributed by atoms with Crippen LogP contribution >= 0.6 is 11.8 Å². The van der Waals surface area contributed by atoms with Crippen molar-refractivity contribution in [3.05, 3.63) is 54.6 Å². The third kappa shape index (κ3) is 4.95. The van der Waals surface area contributed by atoms with Crippen LogP contribution < -0.4 is 5.32 Å². The Hall–Kier alpha value is -2.74. The quantitative estimate of drug-likeness (QED) is 0.601. The lowest BCUT2D eigenvalue weighted by molar-refractivity contribution is -0.115. The number of hydrogen-bond acceptors (Lipinski definition) is 5. The molecule has 1 unspecified atom stereocenters. The minimum atomic E-state index is -0.401. The second-order valence-corrected chi connectivity index (χ2v) is 8.12. The van der Waals surface area contributed by atoms with Crippen molar-refractivity contribution in [1.82, 2.24) is 19.7 Å². The maximum atomic E-state index is 13.0. The minimum Gasteiger partial charge on any atom is -0.325 e. The highest BCUT2D eigenvalue weighted by atomic mass is 32.2. The molecule has 1 amide bonds. The molecule has 0 spiro atoms. The Morgan fingerprint density at radius 2 is 1.93 bits per heavy atom. The van der Waals surface area contributed by atoms with Crippen LogP contribution in [0.25, 0.3) is 11.4 Å². The van der Waals surface area contributed by atoms with Crippen LogP contribution in [-0.2, 0) is 11.3 Å². The molecule has 0 saturated carbocycles. The second kappa shape index (κ2) is 8.97. The van der Waals surface area contributed by atoms with Crippen molar-refractivity contribution in [2.24, 2.45) is 5.92 Å². The number of nitrogens with one attached hydrogen (secondary N) is 1. The van der Waals surface area contributed by atoms with E-state index in [4.69, 9.17) is 0 Å². The molecule has 3 rings (SSSR count). The van der Waals surface area contributed by atoms with Crippen molar-refractivity contribution in [2.75, 3.05) is 5.32 Å². The number of thioether (sulfide) groups is 1. The van der Waals surface area contributed by atoms with Crippen molar-refractivity contribution < 1.29 is 9.18 Å². The molecular formula is C20H22FN5OS. The van der Waals surface area contributed by atoms with Crippen LogP contribution in [0, 0.1) is 11.7 Å². The number of carbonyl (C=O) groups excluding carboxylic acids is 1. The molecule has 3 aromatic rings. The predicted molar refractivity (Wildman–Crippen MR) is 108 cm³/mol. The number of anilines is 1. The molecule has 0 fully saturated rings. The van der Waals surface area contributed by atoms with Crippen LogP contribution in [0.4, 0.5) is 10.1 Å². The molecule has 0 aliphatic rings. The van der Waals surface area contributed by atoms with Crippen LogP contribution in [0.1, 0.15) is 20.8 Å². The van der Waals surface area contributed by atoms with E-state index in [2.05, 4.69) is 34.3 Å². The number of rotatable bonds is 7. The molecule has 0 radical (unpaired) electrons. The Morgan fingerprint density at radius 1 is 1.18 bits per heavy atom. The Balaban J connectivity index is 1.78. The number of pyridine rings is 1. The maximum Gasteiger partial charge on any atom is 0.237 e. The van der Waals surface area contributed by atoms with Crippen molar-refractivity contribution in [2.45, 2.75) is 37.7 Å². The van der Waals surface area contributed by atoms with Gasteiger partial charge >= 0.3 is 0 Å². The number of aromatic nitrogens is 4. The lowest BCUT2D eigenvalue weighted by Gasteiger charge is -2.15. The van der Waals surface area contributed by atoms with Gasteiger partial charge in [0, 0.05) is 30.2 Å². The molecule has 0 aliphatic heterocycles. The molecule has 2 heterocycles. The highest BCUT2D eigenvalue weighted by molar-refractivity contribution is 8.00. The summed E-state index contributed by atoms with van der Waals surface area (Å²) >= 11 is 1.34. The fourth-order valence-electron chi connectivity index (χ4n) is 2.60. The summed E-state index contributed by atoms with van der Waals surface area (Å²) in [6, 6.07) is 9.49. The number of hydrogen-bond donors (Lipinski definition) is 1. The third-order valence-electron chi connectivity index (χ3n) is 3.95. The molecule has 0 aliphatic carbocycles. The van der Waals surface area contributed by atoms with Crippen LogP contribution in [0.2, 0.25) is 0 Å². The number of nitrogens with zero attached hydrogens (tertiary/aromatic N) is 4. The van der Waals surface area contributed by atoms with Gasteiger partial charge < -0.3 is 9.88 Å². The topological polar surface area (TPSA) is 72.7 Å². The Bertz CT molecular complexity index is 928. The van der Waals surface area contributed by atoms with Gasteiger partial charge in [-0.25, -0.2) is 4.39 Å². The van der Waals surface area contributed by atoms with Gasteiger partial charge in [0.15, 0.2) is 11.0 Å². The zero-order valence-corrected chi connectivity index (χ0v) is 16.8. The monoisotopic (exact) mass is 399 g/mol. The first-order chi connectivity index (χ1) is 13.4. The summed E-state index contributed by atoms with van der Waals surface area (Å²) in [6.45, 7) is 6.77. The van der Waals surface area contributed by atoms with Crippen LogP contribution in [0.3, 0.4) is 0 Å². The second-order valence-electron chi connectivity index (χ2n) is 6.81. The predicted octanol–water partition coefficient (Wildman–Crippen LogP) is 4.25. The molecule has 1 N–H and O–H groups in total. The van der Waals surface area contributed by atoms with E-state index in [0.717, 1.165) is 17.9 Å². The van der Waals surface area contributed by atoms with Crippen molar-refractivity contribution in [1.29, 1.82) is 0 Å². The van der Waals surface area contributed by atoms with E-state index in [9.17, 15) is 9.18 Å². The molecular weight excluding hydrogens is 377 g/mol. The molecule has 0 bridgehead atoms. The van der Waals surface area contributed by atoms with Crippen molar-refractivity contribution >= 4 is 23.4 Å². The Morgan fingerprint density at radius 3 is 2.57 bits per heavy atom. The van der Waals surface area contributed by atoms with E-state index in [-0.39, 0.29) is 11.7 Å². The molecule has 6 nitrogen and oxygen atoms in total. The van der Waals surface area contributed by atoms with Gasteiger partial charge in [-0.3, -0.25) is 9.78 Å². The number of amides is 1. The highest BCUT2D eigenvalue weighted by Gasteiger charge is 2.21. The van der Waals surface area contributed by atoms with Crippen LogP contribution in [-0.4, -0.2) is 30.9 Å². The molecule has 1 atom stereocenters. The van der Waals surface area contributed by atoms with Crippen molar-refractivity contribution in [3.63, 3.8) is 0 Å². The largest absolute Gasteiger partial charge is 0.325 e. The maximum absolute atomic E-state index is 13.0.